The van der Waals surface area contributed by atoms with Gasteiger partial charge in [-0.1, -0.05) is 158 Å². The standard InChI is InChI=1S/2C19H22Si.C11H12/c2*1-15-13-16(2)19(17(3)14-15)11-12-20(4,5)18-9-7-6-8-10-18;1-5-11-9(3)6-8(2)7-10(11)4/h2*6-10,13-14H,1-5H3;1,6-7H,2-4H3. The summed E-state index contributed by atoms with van der Waals surface area (Å²) in [4.78, 5) is 0. The van der Waals surface area contributed by atoms with Gasteiger partial charge >= 0.3 is 0 Å². The van der Waals surface area contributed by atoms with Crippen molar-refractivity contribution in [2.45, 2.75) is 88.5 Å². The molecule has 51 heavy (non-hydrogen) atoms. The van der Waals surface area contributed by atoms with Crippen LogP contribution in [0.25, 0.3) is 0 Å². The summed E-state index contributed by atoms with van der Waals surface area (Å²) in [6, 6.07) is 34.5. The summed E-state index contributed by atoms with van der Waals surface area (Å²) in [5.41, 5.74) is 22.0. The molecule has 2 heteroatoms. The highest BCUT2D eigenvalue weighted by Crippen LogP contribution is 2.17. The van der Waals surface area contributed by atoms with E-state index in [0.717, 1.165) is 5.56 Å². The van der Waals surface area contributed by atoms with Crippen molar-refractivity contribution in [3.8, 4) is 35.3 Å². The van der Waals surface area contributed by atoms with E-state index in [1.165, 1.54) is 71.6 Å². The zero-order chi connectivity index (χ0) is 37.9. The minimum Gasteiger partial charge on any atom is -0.121 e. The molecular weight excluding hydrogens is 645 g/mol. The van der Waals surface area contributed by atoms with Crippen LogP contribution in [0.2, 0.25) is 26.2 Å². The Balaban J connectivity index is 0.000000216. The summed E-state index contributed by atoms with van der Waals surface area (Å²) in [6.07, 6.45) is 5.35. The zero-order valence-electron chi connectivity index (χ0n) is 33.3. The third-order valence-corrected chi connectivity index (χ3v) is 14.2. The first-order valence-corrected chi connectivity index (χ1v) is 23.8. The van der Waals surface area contributed by atoms with Gasteiger partial charge in [-0.15, -0.1) is 17.5 Å². The normalized spacial score (nSPS) is 10.5. The van der Waals surface area contributed by atoms with Crippen LogP contribution in [0.4, 0.5) is 0 Å². The van der Waals surface area contributed by atoms with Gasteiger partial charge in [-0.2, -0.15) is 0 Å². The highest BCUT2D eigenvalue weighted by molar-refractivity contribution is 6.96. The summed E-state index contributed by atoms with van der Waals surface area (Å²) >= 11 is 0. The lowest BCUT2D eigenvalue weighted by molar-refractivity contribution is 1.30. The van der Waals surface area contributed by atoms with Crippen LogP contribution in [0.1, 0.15) is 66.8 Å². The minimum absolute atomic E-state index is 1.04. The summed E-state index contributed by atoms with van der Waals surface area (Å²) in [5.74, 6) is 9.61. The molecule has 0 unspecified atom stereocenters. The molecule has 260 valence electrons. The molecule has 0 atom stereocenters. The lowest BCUT2D eigenvalue weighted by atomic mass is 10.0. The van der Waals surface area contributed by atoms with E-state index in [4.69, 9.17) is 6.42 Å². The molecular formula is C49H56Si2. The molecule has 5 rings (SSSR count). The molecule has 0 nitrogen and oxygen atoms in total. The first-order valence-electron chi connectivity index (χ1n) is 17.8. The van der Waals surface area contributed by atoms with Crippen LogP contribution in [-0.4, -0.2) is 16.1 Å². The van der Waals surface area contributed by atoms with Crippen molar-refractivity contribution >= 4 is 26.5 Å². The van der Waals surface area contributed by atoms with Crippen LogP contribution >= 0.6 is 0 Å². The average molecular weight is 701 g/mol. The molecule has 0 spiro atoms. The Labute approximate surface area is 312 Å². The van der Waals surface area contributed by atoms with Crippen LogP contribution in [0, 0.1) is 97.6 Å². The Hall–Kier alpha value is -4.79. The second-order valence-corrected chi connectivity index (χ2v) is 23.1. The lowest BCUT2D eigenvalue weighted by Gasteiger charge is -2.15. The van der Waals surface area contributed by atoms with Gasteiger partial charge < -0.3 is 0 Å². The molecule has 0 N–H and O–H groups in total. The number of hydrogen-bond acceptors (Lipinski definition) is 0. The fourth-order valence-corrected chi connectivity index (χ4v) is 9.67. The number of rotatable bonds is 2. The SMILES string of the molecule is C#Cc1c(C)cc(C)cc1C.Cc1cc(C)c(C#C[Si](C)(C)c2ccccc2)c(C)c1.Cc1cc(C)c(C#C[Si](C)(C)c2ccccc2)c(C)c1. The van der Waals surface area contributed by atoms with Gasteiger partial charge in [-0.25, -0.2) is 0 Å². The topological polar surface area (TPSA) is 0 Å². The van der Waals surface area contributed by atoms with E-state index in [1.54, 1.807) is 0 Å². The fourth-order valence-electron chi connectivity index (χ4n) is 6.45. The summed E-state index contributed by atoms with van der Waals surface area (Å²) in [5, 5.41) is 2.80. The van der Waals surface area contributed by atoms with Gasteiger partial charge in [-0.05, 0) is 106 Å². The molecule has 0 aliphatic rings. The van der Waals surface area contributed by atoms with E-state index in [9.17, 15) is 0 Å². The number of hydrogen-bond donors (Lipinski definition) is 0. The van der Waals surface area contributed by atoms with Crippen molar-refractivity contribution in [3.63, 3.8) is 0 Å². The molecule has 0 aromatic heterocycles. The molecule has 0 aliphatic heterocycles. The quantitative estimate of drug-likeness (QED) is 0.127. The smallest absolute Gasteiger partial charge is 0.121 e. The second kappa shape index (κ2) is 17.9. The Morgan fingerprint density at radius 3 is 0.902 bits per heavy atom. The van der Waals surface area contributed by atoms with E-state index >= 15 is 0 Å². The van der Waals surface area contributed by atoms with Crippen LogP contribution in [0.15, 0.2) is 97.1 Å². The van der Waals surface area contributed by atoms with Crippen LogP contribution < -0.4 is 10.4 Å². The largest absolute Gasteiger partial charge is 0.163 e. The molecule has 5 aromatic rings. The predicted octanol–water partition coefficient (Wildman–Crippen LogP) is 10.8. The van der Waals surface area contributed by atoms with E-state index < -0.39 is 16.1 Å². The maximum Gasteiger partial charge on any atom is 0.163 e. The first kappa shape index (κ1) is 40.6. The Morgan fingerprint density at radius 1 is 0.392 bits per heavy atom. The summed E-state index contributed by atoms with van der Waals surface area (Å²) in [6.45, 7) is 28.3. The molecule has 0 heterocycles. The van der Waals surface area contributed by atoms with Gasteiger partial charge in [0.25, 0.3) is 0 Å². The van der Waals surface area contributed by atoms with Crippen LogP contribution in [-0.2, 0) is 0 Å². The van der Waals surface area contributed by atoms with E-state index in [0.29, 0.717) is 0 Å². The Kier molecular flexibility index (Phi) is 14.3. The highest BCUT2D eigenvalue weighted by atomic mass is 28.3. The highest BCUT2D eigenvalue weighted by Gasteiger charge is 2.21. The Bertz CT molecular complexity index is 1940. The summed E-state index contributed by atoms with van der Waals surface area (Å²) < 4.78 is 0. The third kappa shape index (κ3) is 11.6. The molecule has 0 saturated carbocycles. The van der Waals surface area contributed by atoms with Crippen molar-refractivity contribution in [2.75, 3.05) is 0 Å². The lowest BCUT2D eigenvalue weighted by Crippen LogP contribution is -2.39. The average Bonchev–Trinajstić information content (AvgIpc) is 3.05. The molecule has 0 amide bonds. The van der Waals surface area contributed by atoms with Gasteiger partial charge in [0, 0.05) is 16.7 Å². The predicted molar refractivity (Wildman–Crippen MR) is 231 cm³/mol. The minimum atomic E-state index is -1.68. The van der Waals surface area contributed by atoms with Crippen molar-refractivity contribution in [3.05, 3.63) is 164 Å². The molecule has 5 aromatic carbocycles. The third-order valence-electron chi connectivity index (χ3n) is 9.17. The maximum atomic E-state index is 5.35. The van der Waals surface area contributed by atoms with Crippen molar-refractivity contribution in [1.29, 1.82) is 0 Å². The van der Waals surface area contributed by atoms with Crippen molar-refractivity contribution < 1.29 is 0 Å². The first-order chi connectivity index (χ1) is 23.9. The van der Waals surface area contributed by atoms with Gasteiger partial charge in [0.15, 0.2) is 16.1 Å². The summed E-state index contributed by atoms with van der Waals surface area (Å²) in [7, 11) is -3.37. The van der Waals surface area contributed by atoms with Crippen molar-refractivity contribution in [1.82, 2.24) is 0 Å². The van der Waals surface area contributed by atoms with E-state index in [1.807, 2.05) is 0 Å². The van der Waals surface area contributed by atoms with Gasteiger partial charge in [0.05, 0.1) is 0 Å². The van der Waals surface area contributed by atoms with Gasteiger partial charge in [0.2, 0.25) is 0 Å². The second-order valence-electron chi connectivity index (χ2n) is 14.9. The van der Waals surface area contributed by atoms with E-state index in [-0.39, 0.29) is 0 Å². The number of aryl methyl sites for hydroxylation is 9. The van der Waals surface area contributed by atoms with E-state index in [2.05, 4.69) is 214 Å². The molecule has 0 radical (unpaired) electrons. The number of benzene rings is 5. The van der Waals surface area contributed by atoms with Crippen LogP contribution in [0.3, 0.4) is 0 Å². The molecule has 0 saturated heterocycles. The maximum absolute atomic E-state index is 5.35. The molecule has 0 bridgehead atoms. The molecule has 0 fully saturated rings. The molecule has 0 aliphatic carbocycles. The fraction of sp³-hybridized carbons (Fsp3) is 0.265. The monoisotopic (exact) mass is 700 g/mol. The number of terminal acetylenes is 1. The van der Waals surface area contributed by atoms with Crippen molar-refractivity contribution in [2.24, 2.45) is 0 Å². The van der Waals surface area contributed by atoms with Crippen LogP contribution in [0.5, 0.6) is 0 Å². The zero-order valence-corrected chi connectivity index (χ0v) is 35.3. The van der Waals surface area contributed by atoms with Gasteiger partial charge in [0.1, 0.15) is 0 Å². The Morgan fingerprint density at radius 2 is 0.647 bits per heavy atom. The van der Waals surface area contributed by atoms with Gasteiger partial charge in [-0.3, -0.25) is 0 Å².